The van der Waals surface area contributed by atoms with Crippen LogP contribution in [0, 0.1) is 6.92 Å². The molecule has 7 nitrogen and oxygen atoms in total. The fraction of sp³-hybridized carbons (Fsp3) is 0.333. The molecule has 1 fully saturated rings. The molecule has 0 atom stereocenters. The number of nitrogens with one attached hydrogen (secondary N) is 3. The van der Waals surface area contributed by atoms with Crippen molar-refractivity contribution in [3.05, 3.63) is 53.3 Å². The molecule has 0 spiro atoms. The lowest BCUT2D eigenvalue weighted by Crippen LogP contribution is -2.28. The maximum Gasteiger partial charge on any atom is 0.416 e. The van der Waals surface area contributed by atoms with Crippen LogP contribution in [0.15, 0.2) is 36.5 Å². The topological polar surface area (TPSA) is 84.0 Å². The smallest absolute Gasteiger partial charge is 0.381 e. The Labute approximate surface area is 205 Å². The highest BCUT2D eigenvalue weighted by Crippen LogP contribution is 2.38. The molecule has 3 aromatic rings. The maximum atomic E-state index is 13.2. The second kappa shape index (κ2) is 9.38. The zero-order chi connectivity index (χ0) is 24.6. The van der Waals surface area contributed by atoms with Crippen molar-refractivity contribution >= 4 is 40.3 Å². The highest BCUT2D eigenvalue weighted by molar-refractivity contribution is 7.80. The molecule has 2 aromatic heterocycles. The first-order chi connectivity index (χ1) is 16.8. The summed E-state index contributed by atoms with van der Waals surface area (Å²) in [4.78, 5) is 14.1. The number of rotatable bonds is 4. The number of fused-ring (bicyclic) bond motifs is 3. The van der Waals surface area contributed by atoms with Crippen molar-refractivity contribution < 1.29 is 17.9 Å². The quantitative estimate of drug-likeness (QED) is 0.406. The van der Waals surface area contributed by atoms with Gasteiger partial charge in [-0.2, -0.15) is 13.2 Å². The van der Waals surface area contributed by atoms with Crippen molar-refractivity contribution in [2.45, 2.75) is 38.4 Å². The van der Waals surface area contributed by atoms with Crippen LogP contribution < -0.4 is 16.0 Å². The highest BCUT2D eigenvalue weighted by Gasteiger charge is 2.32. The number of alkyl halides is 3. The summed E-state index contributed by atoms with van der Waals surface area (Å²) in [5.74, 6) is 1.11. The van der Waals surface area contributed by atoms with Gasteiger partial charge in [0.15, 0.2) is 0 Å². The molecule has 35 heavy (non-hydrogen) atoms. The summed E-state index contributed by atoms with van der Waals surface area (Å²) in [5, 5.41) is 9.55. The Morgan fingerprint density at radius 1 is 1.11 bits per heavy atom. The zero-order valence-corrected chi connectivity index (χ0v) is 19.7. The van der Waals surface area contributed by atoms with Crippen molar-refractivity contribution in [3.63, 3.8) is 0 Å². The predicted molar refractivity (Wildman–Crippen MR) is 132 cm³/mol. The Kier molecular flexibility index (Phi) is 6.28. The third-order valence-electron chi connectivity index (χ3n) is 6.00. The van der Waals surface area contributed by atoms with E-state index in [9.17, 15) is 13.2 Å². The first-order valence-corrected chi connectivity index (χ1v) is 11.6. The molecular weight excluding hydrogens is 477 g/mol. The summed E-state index contributed by atoms with van der Waals surface area (Å²) in [6.45, 7) is 3.37. The largest absolute Gasteiger partial charge is 0.416 e. The van der Waals surface area contributed by atoms with Gasteiger partial charge in [-0.3, -0.25) is 0 Å². The van der Waals surface area contributed by atoms with Crippen LogP contribution in [0.5, 0.6) is 0 Å². The number of thiocarbonyl (C=S) groups is 1. The van der Waals surface area contributed by atoms with Gasteiger partial charge >= 0.3 is 6.18 Å². The van der Waals surface area contributed by atoms with Gasteiger partial charge in [-0.25, -0.2) is 15.0 Å². The van der Waals surface area contributed by atoms with Gasteiger partial charge in [0.05, 0.1) is 27.6 Å². The fourth-order valence-corrected chi connectivity index (χ4v) is 4.44. The van der Waals surface area contributed by atoms with Crippen molar-refractivity contribution in [1.29, 1.82) is 0 Å². The maximum absolute atomic E-state index is 13.2. The lowest BCUT2D eigenvalue weighted by molar-refractivity contribution is -0.137. The van der Waals surface area contributed by atoms with Crippen molar-refractivity contribution in [3.8, 4) is 11.3 Å². The molecule has 5 rings (SSSR count). The summed E-state index contributed by atoms with van der Waals surface area (Å²) in [5.41, 5.74) is 2.81. The van der Waals surface area contributed by atoms with Crippen molar-refractivity contribution in [2.75, 3.05) is 29.2 Å². The lowest BCUT2D eigenvalue weighted by atomic mass is 10.0. The van der Waals surface area contributed by atoms with E-state index in [-0.39, 0.29) is 5.69 Å². The summed E-state index contributed by atoms with van der Waals surface area (Å²) in [7, 11) is 0. The Morgan fingerprint density at radius 3 is 2.66 bits per heavy atom. The first kappa shape index (κ1) is 23.4. The average molecular weight is 501 g/mol. The SMILES string of the molecule is Cc1nc(NC2CCOCC2)ccc1Nc1ncc2c(n1)-c1ccc(C(F)(F)F)cc1NC(=S)C2. The molecule has 3 N–H and O–H groups in total. The van der Waals surface area contributed by atoms with Gasteiger partial charge in [0.25, 0.3) is 0 Å². The fourth-order valence-electron chi connectivity index (χ4n) is 4.17. The zero-order valence-electron chi connectivity index (χ0n) is 18.9. The molecule has 182 valence electrons. The Bertz CT molecular complexity index is 1280. The number of aromatic nitrogens is 3. The minimum Gasteiger partial charge on any atom is -0.381 e. The van der Waals surface area contributed by atoms with Crippen LogP contribution in [-0.4, -0.2) is 39.2 Å². The van der Waals surface area contributed by atoms with Crippen LogP contribution in [0.2, 0.25) is 0 Å². The average Bonchev–Trinajstić information content (AvgIpc) is 2.95. The number of hydrogen-bond donors (Lipinski definition) is 3. The normalized spacial score (nSPS) is 16.1. The number of ether oxygens (including phenoxy) is 1. The van der Waals surface area contributed by atoms with E-state index in [1.165, 1.54) is 6.07 Å². The van der Waals surface area contributed by atoms with Crippen LogP contribution in [0.25, 0.3) is 11.3 Å². The number of pyridine rings is 1. The van der Waals surface area contributed by atoms with Crippen LogP contribution in [0.1, 0.15) is 29.7 Å². The van der Waals surface area contributed by atoms with E-state index in [0.29, 0.717) is 34.7 Å². The number of halogens is 3. The van der Waals surface area contributed by atoms with Crippen LogP contribution in [0.3, 0.4) is 0 Å². The second-order valence-electron chi connectivity index (χ2n) is 8.54. The predicted octanol–water partition coefficient (Wildman–Crippen LogP) is 5.50. The molecule has 4 heterocycles. The van der Waals surface area contributed by atoms with E-state index in [1.807, 2.05) is 19.1 Å². The first-order valence-electron chi connectivity index (χ1n) is 11.2. The summed E-state index contributed by atoms with van der Waals surface area (Å²) in [6, 6.07) is 7.65. The minimum atomic E-state index is -4.46. The van der Waals surface area contributed by atoms with E-state index < -0.39 is 11.7 Å². The van der Waals surface area contributed by atoms with Gasteiger partial charge in [0.1, 0.15) is 5.82 Å². The van der Waals surface area contributed by atoms with E-state index in [4.69, 9.17) is 17.0 Å². The highest BCUT2D eigenvalue weighted by atomic mass is 32.1. The molecule has 2 aliphatic heterocycles. The van der Waals surface area contributed by atoms with Gasteiger partial charge < -0.3 is 20.7 Å². The van der Waals surface area contributed by atoms with Crippen molar-refractivity contribution in [2.24, 2.45) is 0 Å². The third kappa shape index (κ3) is 5.20. The lowest BCUT2D eigenvalue weighted by Gasteiger charge is -2.24. The number of anilines is 4. The molecule has 0 amide bonds. The number of hydrogen-bond acceptors (Lipinski definition) is 7. The molecule has 0 aliphatic carbocycles. The second-order valence-corrected chi connectivity index (χ2v) is 9.03. The molecule has 0 radical (unpaired) electrons. The number of nitrogens with zero attached hydrogens (tertiary/aromatic N) is 3. The third-order valence-corrected chi connectivity index (χ3v) is 6.24. The minimum absolute atomic E-state index is 0.273. The van der Waals surface area contributed by atoms with Gasteiger partial charge in [0.2, 0.25) is 5.95 Å². The van der Waals surface area contributed by atoms with Gasteiger partial charge in [0, 0.05) is 48.7 Å². The Morgan fingerprint density at radius 2 is 1.91 bits per heavy atom. The Hall–Kier alpha value is -3.31. The summed E-state index contributed by atoms with van der Waals surface area (Å²) in [6.07, 6.45) is -0.604. The summed E-state index contributed by atoms with van der Waals surface area (Å²) >= 11 is 5.32. The summed E-state index contributed by atoms with van der Waals surface area (Å²) < 4.78 is 45.1. The molecule has 0 saturated carbocycles. The van der Waals surface area contributed by atoms with E-state index >= 15 is 0 Å². The standard InChI is InChI=1S/C24H23F3N6OS/c1-13-18(4-5-20(29-13)30-16-6-8-34-9-7-16)32-23-28-12-14-10-21(35)31-19-11-15(24(25,26)27)2-3-17(19)22(14)33-23/h2-5,11-12,16H,6-10H2,1H3,(H,29,30)(H,31,35)(H,28,32,33). The molecule has 11 heteroatoms. The van der Waals surface area contributed by atoms with E-state index in [0.717, 1.165) is 61.0 Å². The monoisotopic (exact) mass is 500 g/mol. The molecule has 1 saturated heterocycles. The Balaban J connectivity index is 1.41. The van der Waals surface area contributed by atoms with Crippen molar-refractivity contribution in [1.82, 2.24) is 15.0 Å². The number of aryl methyl sites for hydroxylation is 1. The van der Waals surface area contributed by atoms with Crippen LogP contribution in [0.4, 0.5) is 36.3 Å². The van der Waals surface area contributed by atoms with E-state index in [1.54, 1.807) is 6.20 Å². The van der Waals surface area contributed by atoms with E-state index in [2.05, 4.69) is 30.9 Å². The van der Waals surface area contributed by atoms with Gasteiger partial charge in [-0.05, 0) is 44.0 Å². The molecular formula is C24H23F3N6OS. The number of benzene rings is 1. The van der Waals surface area contributed by atoms with Crippen LogP contribution in [-0.2, 0) is 17.3 Å². The van der Waals surface area contributed by atoms with Gasteiger partial charge in [-0.15, -0.1) is 0 Å². The molecule has 1 aromatic carbocycles. The molecule has 0 unspecified atom stereocenters. The molecule has 2 aliphatic rings. The molecule has 0 bridgehead atoms. The van der Waals surface area contributed by atoms with Crippen LogP contribution >= 0.6 is 12.2 Å². The van der Waals surface area contributed by atoms with Gasteiger partial charge in [-0.1, -0.05) is 18.3 Å².